The summed E-state index contributed by atoms with van der Waals surface area (Å²) < 4.78 is 4.80. The number of nitrogens with one attached hydrogen (secondary N) is 1. The van der Waals surface area contributed by atoms with Crippen molar-refractivity contribution in [2.24, 2.45) is 5.92 Å². The van der Waals surface area contributed by atoms with Crippen molar-refractivity contribution < 1.29 is 19.1 Å². The Kier molecular flexibility index (Phi) is 5.72. The average molecular weight is 374 g/mol. The number of hydrogen-bond acceptors (Lipinski definition) is 4. The molecule has 1 N–H and O–H groups in total. The molecule has 0 radical (unpaired) electrons. The molecule has 2 aliphatic carbocycles. The molecule has 0 bridgehead atoms. The third kappa shape index (κ3) is 3.80. The van der Waals surface area contributed by atoms with E-state index in [-0.39, 0.29) is 23.7 Å². The molecule has 1 aromatic heterocycles. The third-order valence-electron chi connectivity index (χ3n) is 6.02. The molecule has 27 heavy (non-hydrogen) atoms. The van der Waals surface area contributed by atoms with Crippen LogP contribution < -0.4 is 0 Å². The lowest BCUT2D eigenvalue weighted by molar-refractivity contribution is -0.137. The zero-order valence-electron chi connectivity index (χ0n) is 16.8. The molecular formula is C21H30N2O4. The average Bonchev–Trinajstić information content (AvgIpc) is 3.47. The van der Waals surface area contributed by atoms with E-state index < -0.39 is 12.0 Å². The van der Waals surface area contributed by atoms with Crippen molar-refractivity contribution in [3.8, 4) is 0 Å². The number of ether oxygens (including phenoxy) is 1. The maximum absolute atomic E-state index is 13.4. The maximum Gasteiger partial charge on any atom is 0.354 e. The topological polar surface area (TPSA) is 79.5 Å². The van der Waals surface area contributed by atoms with Gasteiger partial charge in [0.05, 0.1) is 13.2 Å². The van der Waals surface area contributed by atoms with Crippen molar-refractivity contribution in [3.05, 3.63) is 22.5 Å². The molecule has 2 fully saturated rings. The van der Waals surface area contributed by atoms with Crippen molar-refractivity contribution in [1.82, 2.24) is 9.88 Å². The summed E-state index contributed by atoms with van der Waals surface area (Å²) in [6.45, 7) is 5.37. The van der Waals surface area contributed by atoms with Gasteiger partial charge in [-0.3, -0.25) is 9.59 Å². The Morgan fingerprint density at radius 3 is 2.26 bits per heavy atom. The Balaban J connectivity index is 1.90. The van der Waals surface area contributed by atoms with Crippen LogP contribution in [0.4, 0.5) is 0 Å². The zero-order valence-corrected chi connectivity index (χ0v) is 16.8. The standard InChI is InChI=1S/C21H30N2O4/c1-12-17(13(2)22-18(12)21(26)27-4)19(24)14(3)23(20(25)15-10-11-15)16-8-6-5-7-9-16/h14-16,22H,5-11H2,1-4H3/t14-/m1/s1. The minimum atomic E-state index is -0.528. The molecule has 148 valence electrons. The lowest BCUT2D eigenvalue weighted by atomic mass is 9.91. The highest BCUT2D eigenvalue weighted by Gasteiger charge is 2.41. The van der Waals surface area contributed by atoms with Gasteiger partial charge in [-0.2, -0.15) is 0 Å². The molecule has 1 amide bonds. The van der Waals surface area contributed by atoms with Crippen LogP contribution >= 0.6 is 0 Å². The normalized spacial score (nSPS) is 18.8. The van der Waals surface area contributed by atoms with E-state index in [4.69, 9.17) is 4.74 Å². The molecule has 3 rings (SSSR count). The SMILES string of the molecule is COC(=O)c1[nH]c(C)c(C(=O)[C@@H](C)N(C(=O)C2CC2)C2CCCCC2)c1C. The summed E-state index contributed by atoms with van der Waals surface area (Å²) in [5.41, 5.74) is 2.06. The number of nitrogens with zero attached hydrogens (tertiary/aromatic N) is 1. The monoisotopic (exact) mass is 374 g/mol. The minimum absolute atomic E-state index is 0.0845. The molecule has 6 nitrogen and oxygen atoms in total. The highest BCUT2D eigenvalue weighted by atomic mass is 16.5. The molecule has 0 aliphatic heterocycles. The molecule has 0 spiro atoms. The smallest absolute Gasteiger partial charge is 0.354 e. The molecule has 1 atom stereocenters. The van der Waals surface area contributed by atoms with Crippen LogP contribution in [-0.2, 0) is 9.53 Å². The highest BCUT2D eigenvalue weighted by Crippen LogP contribution is 2.35. The largest absolute Gasteiger partial charge is 0.464 e. The van der Waals surface area contributed by atoms with Crippen LogP contribution in [0.1, 0.15) is 84.0 Å². The summed E-state index contributed by atoms with van der Waals surface area (Å²) in [5.74, 6) is -0.375. The van der Waals surface area contributed by atoms with Gasteiger partial charge in [-0.1, -0.05) is 19.3 Å². The summed E-state index contributed by atoms with van der Waals surface area (Å²) in [5, 5.41) is 0. The molecular weight excluding hydrogens is 344 g/mol. The second-order valence-corrected chi connectivity index (χ2v) is 7.97. The van der Waals surface area contributed by atoms with Crippen LogP contribution in [0.5, 0.6) is 0 Å². The highest BCUT2D eigenvalue weighted by molar-refractivity contribution is 6.06. The fourth-order valence-electron chi connectivity index (χ4n) is 4.35. The van der Waals surface area contributed by atoms with E-state index in [1.807, 2.05) is 11.8 Å². The van der Waals surface area contributed by atoms with Gasteiger partial charge in [0.2, 0.25) is 5.91 Å². The number of carbonyl (C=O) groups excluding carboxylic acids is 3. The summed E-state index contributed by atoms with van der Waals surface area (Å²) in [4.78, 5) is 43.2. The number of methoxy groups -OCH3 is 1. The number of hydrogen-bond donors (Lipinski definition) is 1. The molecule has 1 aromatic rings. The predicted molar refractivity (Wildman–Crippen MR) is 102 cm³/mol. The van der Waals surface area contributed by atoms with Crippen molar-refractivity contribution in [1.29, 1.82) is 0 Å². The van der Waals surface area contributed by atoms with E-state index in [1.54, 1.807) is 13.8 Å². The molecule has 2 aliphatic rings. The number of ketones is 1. The van der Waals surface area contributed by atoms with Gasteiger partial charge in [0.25, 0.3) is 0 Å². The van der Waals surface area contributed by atoms with Crippen LogP contribution in [0.25, 0.3) is 0 Å². The quantitative estimate of drug-likeness (QED) is 0.610. The van der Waals surface area contributed by atoms with E-state index in [9.17, 15) is 14.4 Å². The first kappa shape index (κ1) is 19.6. The van der Waals surface area contributed by atoms with E-state index in [2.05, 4.69) is 4.98 Å². The first-order chi connectivity index (χ1) is 12.9. The van der Waals surface area contributed by atoms with Gasteiger partial charge < -0.3 is 14.6 Å². The number of amides is 1. The third-order valence-corrected chi connectivity index (χ3v) is 6.02. The fourth-order valence-corrected chi connectivity index (χ4v) is 4.35. The van der Waals surface area contributed by atoms with Crippen LogP contribution in [0.2, 0.25) is 0 Å². The first-order valence-electron chi connectivity index (χ1n) is 10.0. The lowest BCUT2D eigenvalue weighted by Gasteiger charge is -2.38. The van der Waals surface area contributed by atoms with E-state index in [0.29, 0.717) is 22.5 Å². The Hall–Kier alpha value is -2.11. The molecule has 0 saturated heterocycles. The molecule has 6 heteroatoms. The summed E-state index contributed by atoms with van der Waals surface area (Å²) in [6.07, 6.45) is 7.20. The van der Waals surface area contributed by atoms with Crippen LogP contribution in [0.15, 0.2) is 0 Å². The zero-order chi connectivity index (χ0) is 19.7. The summed E-state index contributed by atoms with van der Waals surface area (Å²) in [6, 6.07) is -0.384. The van der Waals surface area contributed by atoms with E-state index in [1.165, 1.54) is 13.5 Å². The number of Topliss-reactive ketones (excluding diaryl/α,β-unsaturated/α-hetero) is 1. The van der Waals surface area contributed by atoms with E-state index in [0.717, 1.165) is 38.5 Å². The Bertz CT molecular complexity index is 742. The Morgan fingerprint density at radius 2 is 1.70 bits per heavy atom. The van der Waals surface area contributed by atoms with Crippen molar-refractivity contribution >= 4 is 17.7 Å². The van der Waals surface area contributed by atoms with E-state index >= 15 is 0 Å². The van der Waals surface area contributed by atoms with Crippen molar-refractivity contribution in [3.63, 3.8) is 0 Å². The van der Waals surface area contributed by atoms with Gasteiger partial charge in [-0.05, 0) is 52.0 Å². The first-order valence-corrected chi connectivity index (χ1v) is 10.0. The number of aromatic amines is 1. The van der Waals surface area contributed by atoms with Crippen molar-refractivity contribution in [2.45, 2.75) is 77.8 Å². The second-order valence-electron chi connectivity index (χ2n) is 7.97. The predicted octanol–water partition coefficient (Wildman–Crippen LogP) is 3.56. The number of aromatic nitrogens is 1. The van der Waals surface area contributed by atoms with Crippen molar-refractivity contribution in [2.75, 3.05) is 7.11 Å². The van der Waals surface area contributed by atoms with Crippen LogP contribution in [0.3, 0.4) is 0 Å². The number of H-pyrrole nitrogens is 1. The van der Waals surface area contributed by atoms with Crippen LogP contribution in [0, 0.1) is 19.8 Å². The molecule has 0 aromatic carbocycles. The van der Waals surface area contributed by atoms with Gasteiger partial charge in [0, 0.05) is 23.2 Å². The summed E-state index contributed by atoms with van der Waals surface area (Å²) in [7, 11) is 1.32. The van der Waals surface area contributed by atoms with Gasteiger partial charge in [-0.25, -0.2) is 4.79 Å². The van der Waals surface area contributed by atoms with Crippen LogP contribution in [-0.4, -0.2) is 46.7 Å². The number of carbonyl (C=O) groups is 3. The Labute approximate surface area is 160 Å². The summed E-state index contributed by atoms with van der Waals surface area (Å²) >= 11 is 0. The maximum atomic E-state index is 13.4. The van der Waals surface area contributed by atoms with Gasteiger partial charge in [0.1, 0.15) is 5.69 Å². The van der Waals surface area contributed by atoms with Gasteiger partial charge in [0.15, 0.2) is 5.78 Å². The number of esters is 1. The molecule has 2 saturated carbocycles. The molecule has 0 unspecified atom stereocenters. The van der Waals surface area contributed by atoms with Gasteiger partial charge >= 0.3 is 5.97 Å². The fraction of sp³-hybridized carbons (Fsp3) is 0.667. The Morgan fingerprint density at radius 1 is 1.07 bits per heavy atom. The minimum Gasteiger partial charge on any atom is -0.464 e. The van der Waals surface area contributed by atoms with Gasteiger partial charge in [-0.15, -0.1) is 0 Å². The number of aryl methyl sites for hydroxylation is 1. The molecule has 1 heterocycles. The second kappa shape index (κ2) is 7.87. The lowest BCUT2D eigenvalue weighted by Crippen LogP contribution is -2.50. The number of rotatable bonds is 6.